The lowest BCUT2D eigenvalue weighted by atomic mass is 9.91. The smallest absolute Gasteiger partial charge is 0.349 e. The zero-order valence-corrected chi connectivity index (χ0v) is 19.0. The Morgan fingerprint density at radius 3 is 1.91 bits per heavy atom. The van der Waals surface area contributed by atoms with Crippen LogP contribution in [0.2, 0.25) is 0 Å². The fourth-order valence-electron chi connectivity index (χ4n) is 3.49. The van der Waals surface area contributed by atoms with E-state index in [4.69, 9.17) is 23.4 Å². The highest BCUT2D eigenvalue weighted by atomic mass is 35.7. The average Bonchev–Trinajstić information content (AvgIpc) is 2.74. The third-order valence-electron chi connectivity index (χ3n) is 4.87. The lowest BCUT2D eigenvalue weighted by Gasteiger charge is -2.17. The van der Waals surface area contributed by atoms with Gasteiger partial charge in [0.05, 0.1) is 28.7 Å². The molecule has 0 amide bonds. The fraction of sp³-hybridized carbons (Fsp3) is 0.182. The van der Waals surface area contributed by atoms with Gasteiger partial charge in [0, 0.05) is 6.92 Å². The van der Waals surface area contributed by atoms with Crippen molar-refractivity contribution in [1.29, 1.82) is 0 Å². The van der Waals surface area contributed by atoms with Crippen LogP contribution in [0.15, 0.2) is 54.6 Å². The number of rotatable bonds is 5. The molecule has 0 bridgehead atoms. The predicted molar refractivity (Wildman–Crippen MR) is 106 cm³/mol. The van der Waals surface area contributed by atoms with Crippen molar-refractivity contribution in [2.45, 2.75) is 13.8 Å². The summed E-state index contributed by atoms with van der Waals surface area (Å²) in [6, 6.07) is 16.1. The molecule has 0 radical (unpaired) electrons. The van der Waals surface area contributed by atoms with Gasteiger partial charge in [-0.25, -0.2) is 18.6 Å². The molecule has 0 aliphatic carbocycles. The van der Waals surface area contributed by atoms with E-state index in [1.807, 2.05) is 30.3 Å². The van der Waals surface area contributed by atoms with Gasteiger partial charge in [-0.15, -0.1) is 10.2 Å². The van der Waals surface area contributed by atoms with Crippen molar-refractivity contribution < 1.29 is 47.9 Å². The molecule has 1 aromatic heterocycles. The molecular weight excluding hydrogens is 456 g/mol. The second-order valence-electron chi connectivity index (χ2n) is 6.88. The van der Waals surface area contributed by atoms with E-state index < -0.39 is 15.2 Å². The van der Waals surface area contributed by atoms with Crippen molar-refractivity contribution in [2.24, 2.45) is 7.05 Å². The number of Topliss-reactive ketones (excluding diaryl/α,β-unsaturated/α-hetero) is 1. The second kappa shape index (κ2) is 10.5. The highest BCUT2D eigenvalue weighted by Gasteiger charge is 2.37. The molecule has 2 aromatic carbocycles. The van der Waals surface area contributed by atoms with Gasteiger partial charge in [-0.3, -0.25) is 14.9 Å². The largest absolute Gasteiger partial charge is 0.497 e. The van der Waals surface area contributed by atoms with Gasteiger partial charge in [0.25, 0.3) is 5.69 Å². The van der Waals surface area contributed by atoms with E-state index in [9.17, 15) is 14.9 Å². The molecule has 0 aliphatic heterocycles. The first kappa shape index (κ1) is 25.8. The van der Waals surface area contributed by atoms with Gasteiger partial charge in [0.1, 0.15) is 12.8 Å². The minimum atomic E-state index is -4.94. The summed E-state index contributed by atoms with van der Waals surface area (Å²) in [6.07, 6.45) is 0. The SMILES string of the molecule is COc1ccc(-c2c(C(C)=O)c(C)[n+](C)c(-c3ccccc3)c2[N+](=O)[O-])cc1.[O-][Cl+3]([O-])([O-])[O-]. The summed E-state index contributed by atoms with van der Waals surface area (Å²) in [5.74, 6) is 0.416. The summed E-state index contributed by atoms with van der Waals surface area (Å²) in [5.41, 5.74) is 3.02. The molecule has 3 aromatic rings. The Hall–Kier alpha value is -3.41. The quantitative estimate of drug-likeness (QED) is 0.206. The number of hydrogen-bond acceptors (Lipinski definition) is 8. The predicted octanol–water partition coefficient (Wildman–Crippen LogP) is -0.483. The van der Waals surface area contributed by atoms with Crippen LogP contribution in [0, 0.1) is 27.3 Å². The van der Waals surface area contributed by atoms with Gasteiger partial charge in [0.2, 0.25) is 0 Å². The van der Waals surface area contributed by atoms with Crippen LogP contribution < -0.4 is 27.9 Å². The van der Waals surface area contributed by atoms with Crippen molar-refractivity contribution in [3.05, 3.63) is 76.0 Å². The van der Waals surface area contributed by atoms with Crippen LogP contribution in [0.25, 0.3) is 22.4 Å². The maximum absolute atomic E-state index is 12.5. The van der Waals surface area contributed by atoms with Gasteiger partial charge in [0.15, 0.2) is 11.5 Å². The number of nitro groups is 1. The molecule has 0 fully saturated rings. The standard InChI is InChI=1S/C22H21N2O4.ClHO4/c1-14-19(15(2)25)20(16-10-12-18(28-4)13-11-16)22(24(26)27)21(23(14)3)17-8-6-5-7-9-17;2-1(3,4)5/h5-13H,1-4H3;(H,2,3,4,5)/q+1;/p-1. The topological polar surface area (TPSA) is 166 Å². The molecule has 174 valence electrons. The van der Waals surface area contributed by atoms with Crippen LogP contribution in [-0.2, 0) is 7.05 Å². The van der Waals surface area contributed by atoms with E-state index >= 15 is 0 Å². The molecule has 0 aliphatic rings. The number of nitrogens with zero attached hydrogens (tertiary/aromatic N) is 2. The molecule has 0 unspecified atom stereocenters. The third-order valence-corrected chi connectivity index (χ3v) is 4.87. The number of ketones is 1. The maximum Gasteiger partial charge on any atom is 0.349 e. The van der Waals surface area contributed by atoms with Crippen molar-refractivity contribution in [3.8, 4) is 28.1 Å². The summed E-state index contributed by atoms with van der Waals surface area (Å²) >= 11 is 0. The molecule has 0 N–H and O–H groups in total. The van der Waals surface area contributed by atoms with Gasteiger partial charge in [-0.2, -0.15) is 4.57 Å². The lowest BCUT2D eigenvalue weighted by molar-refractivity contribution is -2.00. The number of carbonyl (C=O) groups excluding carboxylic acids is 1. The maximum atomic E-state index is 12.5. The summed E-state index contributed by atoms with van der Waals surface area (Å²) < 4.78 is 40.9. The van der Waals surface area contributed by atoms with E-state index in [2.05, 4.69) is 0 Å². The Kier molecular flexibility index (Phi) is 8.20. The zero-order chi connectivity index (χ0) is 24.9. The van der Waals surface area contributed by atoms with Crippen LogP contribution in [0.1, 0.15) is 23.0 Å². The van der Waals surface area contributed by atoms with Gasteiger partial charge >= 0.3 is 5.69 Å². The van der Waals surface area contributed by atoms with Crippen molar-refractivity contribution in [3.63, 3.8) is 0 Å². The minimum absolute atomic E-state index is 0.0883. The normalized spacial score (nSPS) is 10.8. The first-order valence-corrected chi connectivity index (χ1v) is 10.6. The Morgan fingerprint density at radius 2 is 1.48 bits per heavy atom. The Balaban J connectivity index is 0.000000696. The molecule has 0 saturated carbocycles. The van der Waals surface area contributed by atoms with Crippen LogP contribution in [0.3, 0.4) is 0 Å². The second-order valence-corrected chi connectivity index (χ2v) is 7.63. The number of ether oxygens (including phenoxy) is 1. The molecule has 33 heavy (non-hydrogen) atoms. The molecule has 0 spiro atoms. The zero-order valence-electron chi connectivity index (χ0n) is 18.2. The summed E-state index contributed by atoms with van der Waals surface area (Å²) in [6.45, 7) is 3.24. The van der Waals surface area contributed by atoms with Crippen molar-refractivity contribution in [1.82, 2.24) is 0 Å². The first-order chi connectivity index (χ1) is 15.4. The highest BCUT2D eigenvalue weighted by Crippen LogP contribution is 2.40. The fourth-order valence-corrected chi connectivity index (χ4v) is 3.49. The monoisotopic (exact) mass is 476 g/mol. The molecule has 10 nitrogen and oxygen atoms in total. The van der Waals surface area contributed by atoms with Gasteiger partial charge < -0.3 is 4.74 Å². The van der Waals surface area contributed by atoms with Crippen LogP contribution in [0.4, 0.5) is 5.69 Å². The highest BCUT2D eigenvalue weighted by molar-refractivity contribution is 6.05. The third kappa shape index (κ3) is 6.31. The molecule has 0 atom stereocenters. The number of halogens is 1. The number of methoxy groups -OCH3 is 1. The molecule has 3 rings (SSSR count). The van der Waals surface area contributed by atoms with Crippen molar-refractivity contribution in [2.75, 3.05) is 7.11 Å². The molecule has 11 heteroatoms. The van der Waals surface area contributed by atoms with E-state index in [1.165, 1.54) is 6.92 Å². The summed E-state index contributed by atoms with van der Waals surface area (Å²) in [7, 11) is -1.65. The van der Waals surface area contributed by atoms with E-state index in [0.29, 0.717) is 39.4 Å². The van der Waals surface area contributed by atoms with E-state index in [0.717, 1.165) is 0 Å². The number of benzene rings is 2. The number of hydrogen-bond donors (Lipinski definition) is 0. The summed E-state index contributed by atoms with van der Waals surface area (Å²) in [4.78, 5) is 24.3. The Labute approximate surface area is 191 Å². The first-order valence-electron chi connectivity index (χ1n) is 9.40. The van der Waals surface area contributed by atoms with Crippen LogP contribution in [0.5, 0.6) is 5.75 Å². The number of carbonyl (C=O) groups is 1. The number of aromatic nitrogens is 1. The lowest BCUT2D eigenvalue weighted by Crippen LogP contribution is -2.68. The van der Waals surface area contributed by atoms with Crippen LogP contribution in [-0.4, -0.2) is 17.8 Å². The Bertz CT molecular complexity index is 1150. The number of pyridine rings is 1. The van der Waals surface area contributed by atoms with Crippen LogP contribution >= 0.6 is 0 Å². The molecule has 0 saturated heterocycles. The van der Waals surface area contributed by atoms with Gasteiger partial charge in [-0.1, -0.05) is 30.3 Å². The minimum Gasteiger partial charge on any atom is -0.497 e. The van der Waals surface area contributed by atoms with E-state index in [-0.39, 0.29) is 11.5 Å². The molecule has 1 heterocycles. The average molecular weight is 477 g/mol. The van der Waals surface area contributed by atoms with Gasteiger partial charge in [-0.05, 0) is 36.8 Å². The summed E-state index contributed by atoms with van der Waals surface area (Å²) in [5, 5.41) is 12.2. The molecular formula is C22H21ClN2O8. The van der Waals surface area contributed by atoms with E-state index in [1.54, 1.807) is 49.9 Å². The Morgan fingerprint density at radius 1 is 0.970 bits per heavy atom. The van der Waals surface area contributed by atoms with Crippen molar-refractivity contribution >= 4 is 11.5 Å².